The molecular weight excluding hydrogens is 184 g/mol. The molecule has 0 aromatic heterocycles. The Morgan fingerprint density at radius 3 is 1.87 bits per heavy atom. The van der Waals surface area contributed by atoms with Crippen LogP contribution in [0.2, 0.25) is 0 Å². The Bertz CT molecular complexity index is 147. The Morgan fingerprint density at radius 2 is 1.60 bits per heavy atom. The van der Waals surface area contributed by atoms with E-state index in [9.17, 15) is 0 Å². The minimum Gasteiger partial charge on any atom is -0.375 e. The number of rotatable bonds is 2. The van der Waals surface area contributed by atoms with Crippen LogP contribution >= 0.6 is 0 Å². The summed E-state index contributed by atoms with van der Waals surface area (Å²) in [6, 6.07) is 0.727. The van der Waals surface area contributed by atoms with Crippen molar-refractivity contribution < 1.29 is 0 Å². The zero-order chi connectivity index (χ0) is 12.3. The zero-order valence-electron chi connectivity index (χ0n) is 11.0. The van der Waals surface area contributed by atoms with E-state index in [2.05, 4.69) is 36.9 Å². The van der Waals surface area contributed by atoms with Crippen LogP contribution in [0.4, 0.5) is 0 Å². The van der Waals surface area contributed by atoms with Crippen molar-refractivity contribution in [3.63, 3.8) is 0 Å². The van der Waals surface area contributed by atoms with E-state index >= 15 is 0 Å². The van der Waals surface area contributed by atoms with Crippen molar-refractivity contribution in [3.05, 3.63) is 25.4 Å². The van der Waals surface area contributed by atoms with Gasteiger partial charge in [-0.25, -0.2) is 0 Å². The number of allylic oxidation sites excluding steroid dienone is 1. The highest BCUT2D eigenvalue weighted by Crippen LogP contribution is 2.13. The molecule has 1 aliphatic heterocycles. The lowest BCUT2D eigenvalue weighted by Gasteiger charge is -2.33. The first kappa shape index (κ1) is 16.7. The van der Waals surface area contributed by atoms with Crippen molar-refractivity contribution >= 4 is 0 Å². The van der Waals surface area contributed by atoms with E-state index in [1.807, 2.05) is 20.9 Å². The van der Waals surface area contributed by atoms with Gasteiger partial charge in [0.2, 0.25) is 0 Å². The number of likely N-dealkylation sites (tertiary alicyclic amines) is 1. The quantitative estimate of drug-likeness (QED) is 0.708. The van der Waals surface area contributed by atoms with Crippen LogP contribution in [0.3, 0.4) is 0 Å². The van der Waals surface area contributed by atoms with Crippen molar-refractivity contribution in [2.75, 3.05) is 20.1 Å². The summed E-state index contributed by atoms with van der Waals surface area (Å²) in [6.45, 7) is 18.4. The topological polar surface area (TPSA) is 15.3 Å². The first-order valence-corrected chi connectivity index (χ1v) is 5.81. The molecule has 90 valence electrons. The largest absolute Gasteiger partial charge is 0.375 e. The molecule has 15 heavy (non-hydrogen) atoms. The molecule has 0 atom stereocenters. The number of nitrogens with one attached hydrogen (secondary N) is 1. The molecule has 1 aliphatic rings. The molecular formula is C13H28N2. The van der Waals surface area contributed by atoms with E-state index < -0.39 is 0 Å². The molecule has 1 rings (SSSR count). The van der Waals surface area contributed by atoms with E-state index in [0.29, 0.717) is 0 Å². The Kier molecular flexibility index (Phi) is 12.6. The van der Waals surface area contributed by atoms with E-state index in [4.69, 9.17) is 0 Å². The predicted octanol–water partition coefficient (Wildman–Crippen LogP) is 3.03. The van der Waals surface area contributed by atoms with Gasteiger partial charge < -0.3 is 10.2 Å². The summed E-state index contributed by atoms with van der Waals surface area (Å²) in [5.41, 5.74) is 1.21. The fraction of sp³-hybridized carbons (Fsp3) is 0.692. The minimum absolute atomic E-state index is 0.727. The Hall–Kier alpha value is -0.760. The van der Waals surface area contributed by atoms with Crippen LogP contribution in [-0.2, 0) is 0 Å². The molecule has 0 amide bonds. The van der Waals surface area contributed by atoms with Crippen molar-refractivity contribution in [2.45, 2.75) is 39.7 Å². The Labute approximate surface area is 96.1 Å². The molecule has 1 saturated heterocycles. The second kappa shape index (κ2) is 11.3. The van der Waals surface area contributed by atoms with Gasteiger partial charge in [-0.2, -0.15) is 0 Å². The summed E-state index contributed by atoms with van der Waals surface area (Å²) in [7, 11) is 2.04. The lowest BCUT2D eigenvalue weighted by Crippen LogP contribution is -2.40. The van der Waals surface area contributed by atoms with Gasteiger partial charge in [-0.05, 0) is 26.8 Å². The van der Waals surface area contributed by atoms with Crippen LogP contribution < -0.4 is 5.32 Å². The van der Waals surface area contributed by atoms with Crippen LogP contribution in [0.15, 0.2) is 25.4 Å². The highest BCUT2D eigenvalue weighted by molar-refractivity contribution is 4.92. The van der Waals surface area contributed by atoms with Gasteiger partial charge >= 0.3 is 0 Å². The molecule has 2 nitrogen and oxygen atoms in total. The summed E-state index contributed by atoms with van der Waals surface area (Å²) in [4.78, 5) is 2.36. The third kappa shape index (κ3) is 7.20. The Morgan fingerprint density at radius 1 is 1.20 bits per heavy atom. The Balaban J connectivity index is 0. The average Bonchev–Trinajstić information content (AvgIpc) is 2.34. The monoisotopic (exact) mass is 212 g/mol. The molecule has 0 saturated carbocycles. The summed E-state index contributed by atoms with van der Waals surface area (Å²) in [5.74, 6) is 0. The summed E-state index contributed by atoms with van der Waals surface area (Å²) >= 11 is 0. The van der Waals surface area contributed by atoms with Gasteiger partial charge in [-0.3, -0.25) is 0 Å². The smallest absolute Gasteiger partial charge is 0.0189 e. The second-order valence-electron chi connectivity index (χ2n) is 3.29. The molecule has 0 aromatic rings. The normalized spacial score (nSPS) is 15.6. The molecule has 1 N–H and O–H groups in total. The SMILES string of the molecule is C=C.C=C(C)N1CCC(NC)CC1.CC. The maximum absolute atomic E-state index is 3.94. The van der Waals surface area contributed by atoms with Gasteiger partial charge in [-0.15, -0.1) is 13.2 Å². The number of piperidine rings is 1. The summed E-state index contributed by atoms with van der Waals surface area (Å²) in [6.07, 6.45) is 2.51. The van der Waals surface area contributed by atoms with Crippen LogP contribution in [0.1, 0.15) is 33.6 Å². The van der Waals surface area contributed by atoms with Crippen molar-refractivity contribution in [2.24, 2.45) is 0 Å². The van der Waals surface area contributed by atoms with E-state index in [0.717, 1.165) is 6.04 Å². The van der Waals surface area contributed by atoms with E-state index in [1.165, 1.54) is 31.6 Å². The van der Waals surface area contributed by atoms with Gasteiger partial charge in [0.15, 0.2) is 0 Å². The standard InChI is InChI=1S/C9H18N2.C2H6.C2H4/c1-8(2)11-6-4-9(10-3)5-7-11;2*1-2/h9-10H,1,4-7H2,2-3H3;1-2H3;1-2H2. The van der Waals surface area contributed by atoms with E-state index in [-0.39, 0.29) is 0 Å². The third-order valence-corrected chi connectivity index (χ3v) is 2.44. The molecule has 0 bridgehead atoms. The molecule has 0 radical (unpaired) electrons. The predicted molar refractivity (Wildman–Crippen MR) is 71.1 cm³/mol. The molecule has 1 heterocycles. The first-order chi connectivity index (χ1) is 7.24. The fourth-order valence-corrected chi connectivity index (χ4v) is 1.55. The van der Waals surface area contributed by atoms with Crippen LogP contribution in [-0.4, -0.2) is 31.1 Å². The third-order valence-electron chi connectivity index (χ3n) is 2.44. The highest BCUT2D eigenvalue weighted by atomic mass is 15.1. The van der Waals surface area contributed by atoms with Gasteiger partial charge in [0, 0.05) is 24.8 Å². The van der Waals surface area contributed by atoms with Crippen molar-refractivity contribution in [1.82, 2.24) is 10.2 Å². The fourth-order valence-electron chi connectivity index (χ4n) is 1.55. The second-order valence-corrected chi connectivity index (χ2v) is 3.29. The van der Waals surface area contributed by atoms with Crippen LogP contribution in [0.25, 0.3) is 0 Å². The molecule has 0 spiro atoms. The average molecular weight is 212 g/mol. The van der Waals surface area contributed by atoms with Gasteiger partial charge in [-0.1, -0.05) is 20.4 Å². The van der Waals surface area contributed by atoms with Crippen LogP contribution in [0.5, 0.6) is 0 Å². The van der Waals surface area contributed by atoms with Crippen molar-refractivity contribution in [3.8, 4) is 0 Å². The lowest BCUT2D eigenvalue weighted by molar-refractivity contribution is 0.249. The number of nitrogens with zero attached hydrogens (tertiary/aromatic N) is 1. The maximum atomic E-state index is 3.94. The summed E-state index contributed by atoms with van der Waals surface area (Å²) < 4.78 is 0. The molecule has 0 aliphatic carbocycles. The molecule has 2 heteroatoms. The van der Waals surface area contributed by atoms with Gasteiger partial charge in [0.1, 0.15) is 0 Å². The molecule has 1 fully saturated rings. The lowest BCUT2D eigenvalue weighted by atomic mass is 10.1. The molecule has 0 aromatic carbocycles. The van der Waals surface area contributed by atoms with Crippen molar-refractivity contribution in [1.29, 1.82) is 0 Å². The zero-order valence-corrected chi connectivity index (χ0v) is 11.0. The number of hydrogen-bond acceptors (Lipinski definition) is 2. The summed E-state index contributed by atoms with van der Waals surface area (Å²) in [5, 5.41) is 3.31. The molecule has 0 unspecified atom stereocenters. The minimum atomic E-state index is 0.727. The van der Waals surface area contributed by atoms with Gasteiger partial charge in [0.05, 0.1) is 0 Å². The van der Waals surface area contributed by atoms with E-state index in [1.54, 1.807) is 0 Å². The number of hydrogen-bond donors (Lipinski definition) is 1. The van der Waals surface area contributed by atoms with Crippen LogP contribution in [0, 0.1) is 0 Å². The first-order valence-electron chi connectivity index (χ1n) is 5.81. The van der Waals surface area contributed by atoms with Gasteiger partial charge in [0.25, 0.3) is 0 Å². The maximum Gasteiger partial charge on any atom is 0.0189 e. The highest BCUT2D eigenvalue weighted by Gasteiger charge is 2.16.